The number of likely N-dealkylation sites (N-methyl/N-ethyl adjacent to an activating group) is 1. The van der Waals surface area contributed by atoms with Crippen LogP contribution in [0, 0.1) is 5.92 Å². The van der Waals surface area contributed by atoms with Gasteiger partial charge in [0.2, 0.25) is 0 Å². The molecule has 0 bridgehead atoms. The third-order valence-electron chi connectivity index (χ3n) is 2.99. The first-order valence-electron chi connectivity index (χ1n) is 5.49. The summed E-state index contributed by atoms with van der Waals surface area (Å²) in [5, 5.41) is 3.22. The van der Waals surface area contributed by atoms with E-state index in [0.29, 0.717) is 0 Å². The molecule has 1 rings (SSSR count). The maximum absolute atomic E-state index is 5.81. The second kappa shape index (κ2) is 4.97. The first-order chi connectivity index (χ1) is 6.20. The van der Waals surface area contributed by atoms with Crippen molar-refractivity contribution < 1.29 is 4.74 Å². The summed E-state index contributed by atoms with van der Waals surface area (Å²) in [6.07, 6.45) is 5.47. The molecule has 2 nitrogen and oxygen atoms in total. The molecule has 0 amide bonds. The number of hydrogen-bond acceptors (Lipinski definition) is 2. The Kier molecular flexibility index (Phi) is 4.20. The maximum atomic E-state index is 5.81. The smallest absolute Gasteiger partial charge is 0.0780 e. The van der Waals surface area contributed by atoms with Crippen LogP contribution in [0.1, 0.15) is 39.5 Å². The highest BCUT2D eigenvalue weighted by Crippen LogP contribution is 2.34. The summed E-state index contributed by atoms with van der Waals surface area (Å²) in [7, 11) is 2.00. The highest BCUT2D eigenvalue weighted by molar-refractivity contribution is 4.84. The fourth-order valence-electron chi connectivity index (χ4n) is 2.21. The lowest BCUT2D eigenvalue weighted by atomic mass is 9.77. The highest BCUT2D eigenvalue weighted by atomic mass is 16.5. The second-order valence-electron chi connectivity index (χ2n) is 4.41. The lowest BCUT2D eigenvalue weighted by molar-refractivity contribution is -0.0467. The van der Waals surface area contributed by atoms with Gasteiger partial charge in [-0.1, -0.05) is 19.3 Å². The fourth-order valence-corrected chi connectivity index (χ4v) is 2.21. The Morgan fingerprint density at radius 1 is 1.46 bits per heavy atom. The van der Waals surface area contributed by atoms with Crippen LogP contribution in [0.2, 0.25) is 0 Å². The molecule has 2 heteroatoms. The van der Waals surface area contributed by atoms with E-state index < -0.39 is 0 Å². The van der Waals surface area contributed by atoms with Crippen molar-refractivity contribution in [1.82, 2.24) is 5.32 Å². The average molecular weight is 185 g/mol. The van der Waals surface area contributed by atoms with E-state index in [1.807, 2.05) is 7.05 Å². The zero-order chi connectivity index (χ0) is 9.73. The Hall–Kier alpha value is -0.0800. The fraction of sp³-hybridized carbons (Fsp3) is 1.00. The van der Waals surface area contributed by atoms with Crippen molar-refractivity contribution >= 4 is 0 Å². The molecule has 0 aromatic rings. The normalized spacial score (nSPS) is 22.4. The molecule has 1 saturated carbocycles. The van der Waals surface area contributed by atoms with Gasteiger partial charge in [0.05, 0.1) is 5.60 Å². The molecule has 0 spiro atoms. The average Bonchev–Trinajstić information content (AvgIpc) is 1.98. The van der Waals surface area contributed by atoms with E-state index in [0.717, 1.165) is 19.1 Å². The summed E-state index contributed by atoms with van der Waals surface area (Å²) >= 11 is 0. The topological polar surface area (TPSA) is 21.3 Å². The summed E-state index contributed by atoms with van der Waals surface area (Å²) in [5.74, 6) is 0.921. The van der Waals surface area contributed by atoms with Crippen LogP contribution in [-0.4, -0.2) is 25.8 Å². The van der Waals surface area contributed by atoms with E-state index >= 15 is 0 Å². The molecule has 1 unspecified atom stereocenters. The van der Waals surface area contributed by atoms with Gasteiger partial charge in [-0.05, 0) is 33.2 Å². The van der Waals surface area contributed by atoms with Gasteiger partial charge in [-0.15, -0.1) is 0 Å². The predicted octanol–water partition coefficient (Wildman–Crippen LogP) is 2.19. The Balaban J connectivity index is 2.34. The Morgan fingerprint density at radius 2 is 2.15 bits per heavy atom. The van der Waals surface area contributed by atoms with Gasteiger partial charge in [0.1, 0.15) is 0 Å². The molecule has 13 heavy (non-hydrogen) atoms. The Morgan fingerprint density at radius 3 is 2.54 bits per heavy atom. The predicted molar refractivity (Wildman–Crippen MR) is 55.9 cm³/mol. The number of nitrogens with one attached hydrogen (secondary N) is 1. The van der Waals surface area contributed by atoms with Crippen LogP contribution in [0.5, 0.6) is 0 Å². The minimum atomic E-state index is 0.0641. The molecule has 78 valence electrons. The summed E-state index contributed by atoms with van der Waals surface area (Å²) in [6, 6.07) is 0. The van der Waals surface area contributed by atoms with Gasteiger partial charge >= 0.3 is 0 Å². The molecule has 0 heterocycles. The third kappa shape index (κ3) is 3.28. The van der Waals surface area contributed by atoms with Crippen molar-refractivity contribution in [1.29, 1.82) is 0 Å². The van der Waals surface area contributed by atoms with Crippen LogP contribution in [0.25, 0.3) is 0 Å². The molecule has 0 aromatic carbocycles. The number of hydrogen-bond donors (Lipinski definition) is 1. The summed E-state index contributed by atoms with van der Waals surface area (Å²) in [6.45, 7) is 6.10. The number of ether oxygens (including phenoxy) is 1. The van der Waals surface area contributed by atoms with Gasteiger partial charge in [-0.25, -0.2) is 0 Å². The summed E-state index contributed by atoms with van der Waals surface area (Å²) in [4.78, 5) is 0. The Labute approximate surface area is 82.0 Å². The maximum Gasteiger partial charge on any atom is 0.0780 e. The lowest BCUT2D eigenvalue weighted by Crippen LogP contribution is -2.42. The van der Waals surface area contributed by atoms with Gasteiger partial charge < -0.3 is 10.1 Å². The van der Waals surface area contributed by atoms with Gasteiger partial charge in [0.25, 0.3) is 0 Å². The van der Waals surface area contributed by atoms with E-state index in [9.17, 15) is 0 Å². The van der Waals surface area contributed by atoms with Crippen molar-refractivity contribution in [2.24, 2.45) is 5.92 Å². The lowest BCUT2D eigenvalue weighted by Gasteiger charge is -2.36. The SMILES string of the molecule is CCOC(C)(CNC)CC1CCC1. The largest absolute Gasteiger partial charge is 0.374 e. The molecule has 1 atom stereocenters. The van der Waals surface area contributed by atoms with E-state index in [1.54, 1.807) is 0 Å². The first-order valence-corrected chi connectivity index (χ1v) is 5.49. The second-order valence-corrected chi connectivity index (χ2v) is 4.41. The third-order valence-corrected chi connectivity index (χ3v) is 2.99. The summed E-state index contributed by atoms with van der Waals surface area (Å²) < 4.78 is 5.81. The summed E-state index contributed by atoms with van der Waals surface area (Å²) in [5.41, 5.74) is 0.0641. The van der Waals surface area contributed by atoms with Gasteiger partial charge in [0, 0.05) is 13.2 Å². The van der Waals surface area contributed by atoms with E-state index in [2.05, 4.69) is 19.2 Å². The minimum Gasteiger partial charge on any atom is -0.374 e. The molecule has 0 aromatic heterocycles. The van der Waals surface area contributed by atoms with Crippen molar-refractivity contribution in [3.8, 4) is 0 Å². The molecular weight excluding hydrogens is 162 g/mol. The van der Waals surface area contributed by atoms with Crippen molar-refractivity contribution in [2.45, 2.75) is 45.1 Å². The number of rotatable bonds is 6. The van der Waals surface area contributed by atoms with Crippen molar-refractivity contribution in [3.05, 3.63) is 0 Å². The zero-order valence-corrected chi connectivity index (χ0v) is 9.23. The van der Waals surface area contributed by atoms with E-state index in [4.69, 9.17) is 4.74 Å². The molecule has 0 aliphatic heterocycles. The zero-order valence-electron chi connectivity index (χ0n) is 9.23. The molecule has 1 N–H and O–H groups in total. The van der Waals surface area contributed by atoms with Crippen LogP contribution in [0.4, 0.5) is 0 Å². The molecular formula is C11H23NO. The van der Waals surface area contributed by atoms with E-state index in [-0.39, 0.29) is 5.60 Å². The molecule has 1 aliphatic rings. The molecule has 0 radical (unpaired) electrons. The van der Waals surface area contributed by atoms with Gasteiger partial charge in [0.15, 0.2) is 0 Å². The van der Waals surface area contributed by atoms with Crippen LogP contribution >= 0.6 is 0 Å². The molecule has 1 fully saturated rings. The van der Waals surface area contributed by atoms with Crippen LogP contribution in [0.15, 0.2) is 0 Å². The standard InChI is InChI=1S/C11H23NO/c1-4-13-11(2,9-12-3)8-10-6-5-7-10/h10,12H,4-9H2,1-3H3. The molecule has 0 saturated heterocycles. The quantitative estimate of drug-likeness (QED) is 0.685. The van der Waals surface area contributed by atoms with E-state index in [1.165, 1.54) is 25.7 Å². The van der Waals surface area contributed by atoms with Crippen LogP contribution in [-0.2, 0) is 4.74 Å². The van der Waals surface area contributed by atoms with Gasteiger partial charge in [-0.3, -0.25) is 0 Å². The van der Waals surface area contributed by atoms with Crippen molar-refractivity contribution in [2.75, 3.05) is 20.2 Å². The monoisotopic (exact) mass is 185 g/mol. The first kappa shape index (κ1) is 11.0. The minimum absolute atomic E-state index is 0.0641. The Bertz CT molecular complexity index is 137. The van der Waals surface area contributed by atoms with Crippen molar-refractivity contribution in [3.63, 3.8) is 0 Å². The highest BCUT2D eigenvalue weighted by Gasteiger charge is 2.30. The van der Waals surface area contributed by atoms with Crippen LogP contribution in [0.3, 0.4) is 0 Å². The van der Waals surface area contributed by atoms with Gasteiger partial charge in [-0.2, -0.15) is 0 Å². The molecule has 1 aliphatic carbocycles. The van der Waals surface area contributed by atoms with Crippen LogP contribution < -0.4 is 5.32 Å².